The molecular weight excluding hydrogens is 186 g/mol. The van der Waals surface area contributed by atoms with Crippen LogP contribution in [0.4, 0.5) is 0 Å². The molecule has 0 saturated heterocycles. The van der Waals surface area contributed by atoms with Gasteiger partial charge in [-0.05, 0) is 32.1 Å². The minimum Gasteiger partial charge on any atom is -0.389 e. The van der Waals surface area contributed by atoms with E-state index in [-0.39, 0.29) is 0 Å². The van der Waals surface area contributed by atoms with Gasteiger partial charge in [-0.2, -0.15) is 0 Å². The first kappa shape index (κ1) is 14.9. The highest BCUT2D eigenvalue weighted by Gasteiger charge is 2.19. The summed E-state index contributed by atoms with van der Waals surface area (Å²) in [6.45, 7) is 11.4. The van der Waals surface area contributed by atoms with Gasteiger partial charge in [0.15, 0.2) is 0 Å². The van der Waals surface area contributed by atoms with Crippen LogP contribution >= 0.6 is 0 Å². The van der Waals surface area contributed by atoms with Gasteiger partial charge < -0.3 is 10.4 Å². The zero-order chi connectivity index (χ0) is 11.9. The summed E-state index contributed by atoms with van der Waals surface area (Å²) in [5.74, 6) is 0.772. The first-order chi connectivity index (χ1) is 6.95. The fraction of sp³-hybridized carbons (Fsp3) is 1.00. The minimum absolute atomic E-state index is 0.553. The third-order valence-electron chi connectivity index (χ3n) is 3.41. The summed E-state index contributed by atoms with van der Waals surface area (Å²) in [6.07, 6.45) is 4.40. The molecule has 2 N–H and O–H groups in total. The molecule has 0 spiro atoms. The smallest absolute Gasteiger partial charge is 0.0741 e. The summed E-state index contributed by atoms with van der Waals surface area (Å²) in [7, 11) is 0. The van der Waals surface area contributed by atoms with Gasteiger partial charge in [0.05, 0.1) is 5.60 Å². The maximum Gasteiger partial charge on any atom is 0.0741 e. The zero-order valence-electron chi connectivity index (χ0n) is 11.1. The maximum atomic E-state index is 9.90. The normalized spacial score (nSPS) is 19.6. The molecule has 3 unspecified atom stereocenters. The molecule has 0 aromatic rings. The Morgan fingerprint density at radius 1 is 1.20 bits per heavy atom. The quantitative estimate of drug-likeness (QED) is 0.652. The molecule has 0 fully saturated rings. The second kappa shape index (κ2) is 7.24. The van der Waals surface area contributed by atoms with Gasteiger partial charge in [0, 0.05) is 12.6 Å². The van der Waals surface area contributed by atoms with Crippen molar-refractivity contribution in [1.29, 1.82) is 0 Å². The van der Waals surface area contributed by atoms with Gasteiger partial charge in [0.1, 0.15) is 0 Å². The monoisotopic (exact) mass is 215 g/mol. The lowest BCUT2D eigenvalue weighted by molar-refractivity contribution is 0.0517. The molecule has 15 heavy (non-hydrogen) atoms. The van der Waals surface area contributed by atoms with Crippen molar-refractivity contribution in [1.82, 2.24) is 5.32 Å². The molecular formula is C13H29NO. The molecule has 92 valence electrons. The van der Waals surface area contributed by atoms with Gasteiger partial charge in [0.25, 0.3) is 0 Å². The van der Waals surface area contributed by atoms with Crippen molar-refractivity contribution in [3.63, 3.8) is 0 Å². The van der Waals surface area contributed by atoms with Crippen molar-refractivity contribution < 1.29 is 5.11 Å². The Hall–Kier alpha value is -0.0800. The molecule has 2 nitrogen and oxygen atoms in total. The zero-order valence-corrected chi connectivity index (χ0v) is 11.1. The molecule has 0 rings (SSSR count). The third-order valence-corrected chi connectivity index (χ3v) is 3.41. The lowest BCUT2D eigenvalue weighted by atomic mass is 9.96. The van der Waals surface area contributed by atoms with E-state index in [0.717, 1.165) is 18.8 Å². The summed E-state index contributed by atoms with van der Waals surface area (Å²) in [5.41, 5.74) is -0.553. The van der Waals surface area contributed by atoms with Gasteiger partial charge in [-0.25, -0.2) is 0 Å². The average molecular weight is 215 g/mol. The summed E-state index contributed by atoms with van der Waals surface area (Å²) < 4.78 is 0. The molecule has 0 aliphatic heterocycles. The fourth-order valence-electron chi connectivity index (χ4n) is 1.54. The van der Waals surface area contributed by atoms with E-state index in [0.29, 0.717) is 12.6 Å². The van der Waals surface area contributed by atoms with Crippen LogP contribution in [0.2, 0.25) is 0 Å². The molecule has 0 saturated carbocycles. The number of nitrogens with one attached hydrogen (secondary N) is 1. The average Bonchev–Trinajstić information content (AvgIpc) is 2.23. The standard InChI is InChI=1S/C13H29NO/c1-6-11(4)9-12(7-2)14-10-13(5,15)8-3/h11-12,14-15H,6-10H2,1-5H3. The molecule has 0 aromatic carbocycles. The molecule has 0 aliphatic carbocycles. The fourth-order valence-corrected chi connectivity index (χ4v) is 1.54. The number of hydrogen-bond acceptors (Lipinski definition) is 2. The van der Waals surface area contributed by atoms with Crippen molar-refractivity contribution in [3.8, 4) is 0 Å². The van der Waals surface area contributed by atoms with Gasteiger partial charge >= 0.3 is 0 Å². The van der Waals surface area contributed by atoms with Crippen molar-refractivity contribution in [3.05, 3.63) is 0 Å². The highest BCUT2D eigenvalue weighted by Crippen LogP contribution is 2.13. The summed E-state index contributed by atoms with van der Waals surface area (Å²) >= 11 is 0. The predicted molar refractivity (Wildman–Crippen MR) is 67.1 cm³/mol. The molecule has 0 heterocycles. The maximum absolute atomic E-state index is 9.90. The molecule has 0 aliphatic rings. The largest absolute Gasteiger partial charge is 0.389 e. The van der Waals surface area contributed by atoms with Gasteiger partial charge in [-0.1, -0.05) is 34.1 Å². The van der Waals surface area contributed by atoms with Gasteiger partial charge in [-0.3, -0.25) is 0 Å². The van der Waals surface area contributed by atoms with Crippen LogP contribution in [-0.4, -0.2) is 23.3 Å². The van der Waals surface area contributed by atoms with Crippen molar-refractivity contribution in [2.75, 3.05) is 6.54 Å². The predicted octanol–water partition coefficient (Wildman–Crippen LogP) is 2.95. The molecule has 3 atom stereocenters. The van der Waals surface area contributed by atoms with E-state index in [1.165, 1.54) is 12.8 Å². The van der Waals surface area contributed by atoms with Crippen LogP contribution in [-0.2, 0) is 0 Å². The third kappa shape index (κ3) is 6.91. The molecule has 0 bridgehead atoms. The minimum atomic E-state index is -0.553. The highest BCUT2D eigenvalue weighted by molar-refractivity contribution is 4.77. The van der Waals surface area contributed by atoms with Gasteiger partial charge in [0.2, 0.25) is 0 Å². The van der Waals surface area contributed by atoms with Crippen molar-refractivity contribution >= 4 is 0 Å². The van der Waals surface area contributed by atoms with E-state index in [1.54, 1.807) is 0 Å². The Kier molecular flexibility index (Phi) is 7.20. The number of aliphatic hydroxyl groups is 1. The van der Waals surface area contributed by atoms with Crippen LogP contribution in [0.25, 0.3) is 0 Å². The first-order valence-electron chi connectivity index (χ1n) is 6.40. The van der Waals surface area contributed by atoms with E-state index in [2.05, 4.69) is 26.1 Å². The van der Waals surface area contributed by atoms with E-state index in [1.807, 2.05) is 13.8 Å². The van der Waals surface area contributed by atoms with Gasteiger partial charge in [-0.15, -0.1) is 0 Å². The molecule has 2 heteroatoms. The Bertz CT molecular complexity index is 157. The molecule has 0 radical (unpaired) electrons. The molecule has 0 aromatic heterocycles. The van der Waals surface area contributed by atoms with Crippen LogP contribution in [0.5, 0.6) is 0 Å². The first-order valence-corrected chi connectivity index (χ1v) is 6.40. The van der Waals surface area contributed by atoms with E-state index in [9.17, 15) is 5.11 Å². The lowest BCUT2D eigenvalue weighted by Gasteiger charge is -2.27. The van der Waals surface area contributed by atoms with Crippen LogP contribution in [0.15, 0.2) is 0 Å². The van der Waals surface area contributed by atoms with Crippen LogP contribution in [0.1, 0.15) is 60.3 Å². The van der Waals surface area contributed by atoms with Crippen LogP contribution in [0, 0.1) is 5.92 Å². The van der Waals surface area contributed by atoms with E-state index in [4.69, 9.17) is 0 Å². The lowest BCUT2D eigenvalue weighted by Crippen LogP contribution is -2.42. The molecule has 0 amide bonds. The Morgan fingerprint density at radius 2 is 1.80 bits per heavy atom. The topological polar surface area (TPSA) is 32.3 Å². The number of hydrogen-bond donors (Lipinski definition) is 2. The number of rotatable bonds is 8. The summed E-state index contributed by atoms with van der Waals surface area (Å²) in [6, 6.07) is 0.554. The highest BCUT2D eigenvalue weighted by atomic mass is 16.3. The Morgan fingerprint density at radius 3 is 2.20 bits per heavy atom. The Labute approximate surface area is 95.5 Å². The van der Waals surface area contributed by atoms with Crippen LogP contribution in [0.3, 0.4) is 0 Å². The Balaban J connectivity index is 3.89. The summed E-state index contributed by atoms with van der Waals surface area (Å²) in [5, 5.41) is 13.4. The van der Waals surface area contributed by atoms with E-state index >= 15 is 0 Å². The van der Waals surface area contributed by atoms with Crippen LogP contribution < -0.4 is 5.32 Å². The van der Waals surface area contributed by atoms with E-state index < -0.39 is 5.60 Å². The SMILES string of the molecule is CCC(C)CC(CC)NCC(C)(O)CC. The second-order valence-electron chi connectivity index (χ2n) is 5.09. The summed E-state index contributed by atoms with van der Waals surface area (Å²) in [4.78, 5) is 0. The second-order valence-corrected chi connectivity index (χ2v) is 5.09. The van der Waals surface area contributed by atoms with Crippen molar-refractivity contribution in [2.24, 2.45) is 5.92 Å². The van der Waals surface area contributed by atoms with Crippen molar-refractivity contribution in [2.45, 2.75) is 71.9 Å².